The topological polar surface area (TPSA) is 84.5 Å². The lowest BCUT2D eigenvalue weighted by atomic mass is 10.1. The molecule has 0 saturated carbocycles. The molecule has 6 nitrogen and oxygen atoms in total. The third-order valence-electron chi connectivity index (χ3n) is 3.94. The Morgan fingerprint density at radius 3 is 2.43 bits per heavy atom. The molecule has 1 aromatic carbocycles. The molecule has 0 saturated heterocycles. The number of ether oxygens (including phenoxy) is 1. The molecule has 0 aliphatic heterocycles. The molecule has 0 fully saturated rings. The van der Waals surface area contributed by atoms with Gasteiger partial charge in [-0.1, -0.05) is 24.3 Å². The minimum atomic E-state index is -0.598. The maximum absolute atomic E-state index is 12.7. The quantitative estimate of drug-likeness (QED) is 0.588. The van der Waals surface area contributed by atoms with Crippen molar-refractivity contribution in [2.75, 3.05) is 17.7 Å². The Bertz CT molecular complexity index is 995. The Morgan fingerprint density at radius 1 is 1.04 bits per heavy atom. The molecule has 3 aromatic rings. The molecule has 2 heterocycles. The highest BCUT2D eigenvalue weighted by molar-refractivity contribution is 7.19. The van der Waals surface area contributed by atoms with Crippen LogP contribution in [-0.2, 0) is 16.0 Å². The SMILES string of the molecule is COC(=O)c1c(NC(=O)Cc2cccs2)sc(C(=O)Nc2ccccc2)c1C. The fourth-order valence-electron chi connectivity index (χ4n) is 2.62. The predicted molar refractivity (Wildman–Crippen MR) is 111 cm³/mol. The first-order valence-electron chi connectivity index (χ1n) is 8.40. The van der Waals surface area contributed by atoms with Crippen LogP contribution in [0, 0.1) is 6.92 Å². The van der Waals surface area contributed by atoms with Gasteiger partial charge >= 0.3 is 5.97 Å². The molecule has 0 bridgehead atoms. The lowest BCUT2D eigenvalue weighted by Gasteiger charge is -2.05. The monoisotopic (exact) mass is 414 g/mol. The van der Waals surface area contributed by atoms with E-state index in [1.54, 1.807) is 19.1 Å². The summed E-state index contributed by atoms with van der Waals surface area (Å²) in [6.45, 7) is 1.66. The fraction of sp³-hybridized carbons (Fsp3) is 0.150. The van der Waals surface area contributed by atoms with Crippen LogP contribution in [0.3, 0.4) is 0 Å². The molecule has 0 unspecified atom stereocenters. The summed E-state index contributed by atoms with van der Waals surface area (Å²) in [5.41, 5.74) is 1.31. The number of thiophene rings is 2. The van der Waals surface area contributed by atoms with Crippen LogP contribution in [0.15, 0.2) is 47.8 Å². The predicted octanol–water partition coefficient (Wildman–Crippen LogP) is 4.34. The molecule has 3 rings (SSSR count). The lowest BCUT2D eigenvalue weighted by molar-refractivity contribution is -0.115. The largest absolute Gasteiger partial charge is 0.465 e. The van der Waals surface area contributed by atoms with Crippen LogP contribution < -0.4 is 10.6 Å². The minimum absolute atomic E-state index is 0.195. The lowest BCUT2D eigenvalue weighted by Crippen LogP contribution is -2.15. The van der Waals surface area contributed by atoms with Crippen LogP contribution in [0.25, 0.3) is 0 Å². The summed E-state index contributed by atoms with van der Waals surface area (Å²) < 4.78 is 4.84. The number of carbonyl (C=O) groups is 3. The number of nitrogens with one attached hydrogen (secondary N) is 2. The summed E-state index contributed by atoms with van der Waals surface area (Å²) in [6, 6.07) is 12.7. The van der Waals surface area contributed by atoms with E-state index in [1.165, 1.54) is 18.4 Å². The summed E-state index contributed by atoms with van der Waals surface area (Å²) in [4.78, 5) is 38.6. The van der Waals surface area contributed by atoms with Gasteiger partial charge in [0.2, 0.25) is 5.91 Å². The van der Waals surface area contributed by atoms with Crippen molar-refractivity contribution in [3.63, 3.8) is 0 Å². The zero-order chi connectivity index (χ0) is 20.1. The standard InChI is InChI=1S/C20H18N2O4S2/c1-12-16(20(25)26-2)19(22-15(23)11-14-9-6-10-27-14)28-17(12)18(24)21-13-7-4-3-5-8-13/h3-10H,11H2,1-2H3,(H,21,24)(H,22,23). The van der Waals surface area contributed by atoms with Crippen molar-refractivity contribution in [2.24, 2.45) is 0 Å². The maximum Gasteiger partial charge on any atom is 0.341 e. The molecule has 0 aliphatic carbocycles. The number of anilines is 2. The normalized spacial score (nSPS) is 10.4. The summed E-state index contributed by atoms with van der Waals surface area (Å²) in [5.74, 6) is -1.21. The van der Waals surface area contributed by atoms with Crippen LogP contribution in [0.5, 0.6) is 0 Å². The maximum atomic E-state index is 12.7. The second kappa shape index (κ2) is 8.81. The van der Waals surface area contributed by atoms with Crippen LogP contribution in [0.1, 0.15) is 30.5 Å². The van der Waals surface area contributed by atoms with Gasteiger partial charge in [-0.3, -0.25) is 9.59 Å². The summed E-state index contributed by atoms with van der Waals surface area (Å²) >= 11 is 2.53. The van der Waals surface area contributed by atoms with Gasteiger partial charge in [0, 0.05) is 10.6 Å². The summed E-state index contributed by atoms with van der Waals surface area (Å²) in [7, 11) is 1.26. The second-order valence-corrected chi connectivity index (χ2v) is 7.93. The van der Waals surface area contributed by atoms with Gasteiger partial charge in [0.25, 0.3) is 5.91 Å². The Labute approximate surface area is 170 Å². The van der Waals surface area contributed by atoms with E-state index in [4.69, 9.17) is 4.74 Å². The first kappa shape index (κ1) is 19.8. The van der Waals surface area contributed by atoms with Crippen molar-refractivity contribution in [3.8, 4) is 0 Å². The van der Waals surface area contributed by atoms with Crippen LogP contribution >= 0.6 is 22.7 Å². The Morgan fingerprint density at radius 2 is 1.79 bits per heavy atom. The molecule has 0 spiro atoms. The average Bonchev–Trinajstić information content (AvgIpc) is 3.29. The van der Waals surface area contributed by atoms with E-state index in [-0.39, 0.29) is 23.8 Å². The van der Waals surface area contributed by atoms with Crippen molar-refractivity contribution in [1.82, 2.24) is 0 Å². The minimum Gasteiger partial charge on any atom is -0.465 e. The van der Waals surface area contributed by atoms with E-state index in [0.717, 1.165) is 16.2 Å². The molecular weight excluding hydrogens is 396 g/mol. The van der Waals surface area contributed by atoms with Crippen molar-refractivity contribution in [1.29, 1.82) is 0 Å². The number of esters is 1. The van der Waals surface area contributed by atoms with E-state index >= 15 is 0 Å². The highest BCUT2D eigenvalue weighted by Crippen LogP contribution is 2.34. The van der Waals surface area contributed by atoms with Gasteiger partial charge in [0.1, 0.15) is 5.00 Å². The van der Waals surface area contributed by atoms with E-state index in [9.17, 15) is 14.4 Å². The fourth-order valence-corrected chi connectivity index (χ4v) is 4.43. The van der Waals surface area contributed by atoms with Crippen molar-refractivity contribution < 1.29 is 19.1 Å². The van der Waals surface area contributed by atoms with Crippen molar-refractivity contribution in [2.45, 2.75) is 13.3 Å². The van der Waals surface area contributed by atoms with Gasteiger partial charge in [-0.25, -0.2) is 4.79 Å². The molecule has 0 aliphatic rings. The van der Waals surface area contributed by atoms with E-state index in [1.807, 2.05) is 35.7 Å². The summed E-state index contributed by atoms with van der Waals surface area (Å²) in [6.07, 6.45) is 0.195. The van der Waals surface area contributed by atoms with E-state index in [2.05, 4.69) is 10.6 Å². The van der Waals surface area contributed by atoms with Crippen LogP contribution in [0.2, 0.25) is 0 Å². The third kappa shape index (κ3) is 4.47. The number of rotatable bonds is 6. The van der Waals surface area contributed by atoms with Gasteiger partial charge in [-0.2, -0.15) is 0 Å². The van der Waals surface area contributed by atoms with Crippen LogP contribution in [0.4, 0.5) is 10.7 Å². The van der Waals surface area contributed by atoms with Crippen molar-refractivity contribution >= 4 is 51.1 Å². The van der Waals surface area contributed by atoms with Gasteiger partial charge in [-0.15, -0.1) is 22.7 Å². The highest BCUT2D eigenvalue weighted by atomic mass is 32.1. The van der Waals surface area contributed by atoms with E-state index in [0.29, 0.717) is 21.1 Å². The number of methoxy groups -OCH3 is 1. The molecule has 8 heteroatoms. The number of para-hydroxylation sites is 1. The molecular formula is C20H18N2O4S2. The Hall–Kier alpha value is -2.97. The first-order chi connectivity index (χ1) is 13.5. The zero-order valence-corrected chi connectivity index (χ0v) is 16.9. The number of hydrogen-bond donors (Lipinski definition) is 2. The van der Waals surface area contributed by atoms with Crippen LogP contribution in [-0.4, -0.2) is 24.9 Å². The number of carbonyl (C=O) groups excluding carboxylic acids is 3. The van der Waals surface area contributed by atoms with Gasteiger partial charge < -0.3 is 15.4 Å². The van der Waals surface area contributed by atoms with E-state index < -0.39 is 5.97 Å². The Balaban J connectivity index is 1.86. The average molecular weight is 415 g/mol. The molecule has 0 radical (unpaired) electrons. The first-order valence-corrected chi connectivity index (χ1v) is 10.1. The molecule has 0 atom stereocenters. The summed E-state index contributed by atoms with van der Waals surface area (Å²) in [5, 5.41) is 7.75. The second-order valence-electron chi connectivity index (χ2n) is 5.88. The molecule has 28 heavy (non-hydrogen) atoms. The molecule has 2 amide bonds. The molecule has 2 aromatic heterocycles. The zero-order valence-electron chi connectivity index (χ0n) is 15.3. The molecule has 144 valence electrons. The third-order valence-corrected chi connectivity index (χ3v) is 6.02. The molecule has 2 N–H and O–H groups in total. The number of hydrogen-bond acceptors (Lipinski definition) is 6. The van der Waals surface area contributed by atoms with Gasteiger partial charge in [0.05, 0.1) is 24.0 Å². The van der Waals surface area contributed by atoms with Gasteiger partial charge in [-0.05, 0) is 36.1 Å². The number of amides is 2. The Kier molecular flexibility index (Phi) is 6.23. The van der Waals surface area contributed by atoms with Gasteiger partial charge in [0.15, 0.2) is 0 Å². The van der Waals surface area contributed by atoms with Crippen molar-refractivity contribution in [3.05, 3.63) is 68.7 Å². The smallest absolute Gasteiger partial charge is 0.341 e. The number of benzene rings is 1. The highest BCUT2D eigenvalue weighted by Gasteiger charge is 2.26.